The van der Waals surface area contributed by atoms with Gasteiger partial charge in [-0.2, -0.15) is 0 Å². The van der Waals surface area contributed by atoms with Gasteiger partial charge in [0.05, 0.1) is 11.4 Å². The molecule has 0 radical (unpaired) electrons. The van der Waals surface area contributed by atoms with Gasteiger partial charge in [0, 0.05) is 6.20 Å². The third-order valence-electron chi connectivity index (χ3n) is 1.93. The molecule has 82 valence electrons. The molecule has 2 aromatic rings. The van der Waals surface area contributed by atoms with Crippen molar-refractivity contribution in [3.05, 3.63) is 36.2 Å². The number of nitrogens with zero attached hydrogens (tertiary/aromatic N) is 3. The van der Waals surface area contributed by atoms with Crippen molar-refractivity contribution in [2.45, 2.75) is 17.0 Å². The lowest BCUT2D eigenvalue weighted by Gasteiger charge is -2.04. The number of hydrogen-bond acceptors (Lipinski definition) is 5. The van der Waals surface area contributed by atoms with Crippen LogP contribution < -0.4 is 5.73 Å². The highest BCUT2D eigenvalue weighted by Crippen LogP contribution is 2.30. The third kappa shape index (κ3) is 2.11. The van der Waals surface area contributed by atoms with Crippen LogP contribution in [0.5, 0.6) is 0 Å². The summed E-state index contributed by atoms with van der Waals surface area (Å²) >= 11 is 1.09. The fourth-order valence-corrected chi connectivity index (χ4v) is 1.91. The van der Waals surface area contributed by atoms with Crippen LogP contribution in [0.3, 0.4) is 0 Å². The van der Waals surface area contributed by atoms with Crippen LogP contribution in [0.15, 0.2) is 34.7 Å². The minimum Gasteiger partial charge on any atom is -0.397 e. The van der Waals surface area contributed by atoms with E-state index in [2.05, 4.69) is 15.0 Å². The van der Waals surface area contributed by atoms with Crippen molar-refractivity contribution in [1.29, 1.82) is 0 Å². The summed E-state index contributed by atoms with van der Waals surface area (Å²) in [5.74, 6) is -0.433. The van der Waals surface area contributed by atoms with Crippen molar-refractivity contribution >= 4 is 17.4 Å². The molecule has 4 nitrogen and oxygen atoms in total. The molecule has 0 bridgehead atoms. The second-order valence-corrected chi connectivity index (χ2v) is 4.06. The summed E-state index contributed by atoms with van der Waals surface area (Å²) in [7, 11) is 0. The quantitative estimate of drug-likeness (QED) is 0.808. The van der Waals surface area contributed by atoms with Crippen LogP contribution in [0.25, 0.3) is 0 Å². The first-order valence-electron chi connectivity index (χ1n) is 4.54. The number of hydrogen-bond donors (Lipinski definition) is 1. The fourth-order valence-electron chi connectivity index (χ4n) is 1.09. The Balaban J connectivity index is 2.35. The van der Waals surface area contributed by atoms with Crippen molar-refractivity contribution < 1.29 is 4.39 Å². The number of rotatable bonds is 2. The van der Waals surface area contributed by atoms with E-state index in [4.69, 9.17) is 5.73 Å². The topological polar surface area (TPSA) is 64.7 Å². The number of aryl methyl sites for hydroxylation is 1. The molecule has 0 atom stereocenters. The molecule has 0 aliphatic heterocycles. The molecule has 0 unspecified atom stereocenters. The van der Waals surface area contributed by atoms with E-state index in [1.54, 1.807) is 25.3 Å². The molecule has 2 aromatic heterocycles. The first kappa shape index (κ1) is 10.8. The summed E-state index contributed by atoms with van der Waals surface area (Å²) in [5.41, 5.74) is 6.52. The molecule has 0 saturated carbocycles. The summed E-state index contributed by atoms with van der Waals surface area (Å²) in [6.07, 6.45) is 2.92. The van der Waals surface area contributed by atoms with Crippen molar-refractivity contribution in [3.63, 3.8) is 0 Å². The van der Waals surface area contributed by atoms with Gasteiger partial charge in [0.15, 0.2) is 5.82 Å². The van der Waals surface area contributed by atoms with Gasteiger partial charge in [0.25, 0.3) is 0 Å². The van der Waals surface area contributed by atoms with Gasteiger partial charge < -0.3 is 5.73 Å². The van der Waals surface area contributed by atoms with Gasteiger partial charge in [-0.15, -0.1) is 0 Å². The van der Waals surface area contributed by atoms with Gasteiger partial charge in [-0.25, -0.2) is 19.3 Å². The Hall–Kier alpha value is -1.69. The summed E-state index contributed by atoms with van der Waals surface area (Å²) in [5, 5.41) is 0.775. The maximum atomic E-state index is 13.6. The second-order valence-electron chi connectivity index (χ2n) is 3.08. The zero-order valence-corrected chi connectivity index (χ0v) is 9.33. The SMILES string of the molecule is Cc1ncnc(Sc2ncccc2N)c1F. The number of halogens is 1. The lowest BCUT2D eigenvalue weighted by molar-refractivity contribution is 0.566. The van der Waals surface area contributed by atoms with E-state index in [1.165, 1.54) is 6.33 Å². The van der Waals surface area contributed by atoms with Crippen LogP contribution in [0.2, 0.25) is 0 Å². The van der Waals surface area contributed by atoms with E-state index in [0.717, 1.165) is 11.8 Å². The van der Waals surface area contributed by atoms with Crippen molar-refractivity contribution in [3.8, 4) is 0 Å². The Bertz CT molecular complexity index is 518. The number of aromatic nitrogens is 3. The van der Waals surface area contributed by atoms with Gasteiger partial charge in [0.2, 0.25) is 0 Å². The minimum absolute atomic E-state index is 0.234. The average Bonchev–Trinajstić information content (AvgIpc) is 2.28. The molecular weight excluding hydrogens is 227 g/mol. The van der Waals surface area contributed by atoms with Gasteiger partial charge >= 0.3 is 0 Å². The molecule has 0 aliphatic carbocycles. The molecule has 16 heavy (non-hydrogen) atoms. The number of pyridine rings is 1. The van der Waals surface area contributed by atoms with E-state index in [-0.39, 0.29) is 5.03 Å². The second kappa shape index (κ2) is 4.44. The van der Waals surface area contributed by atoms with E-state index >= 15 is 0 Å². The zero-order valence-electron chi connectivity index (χ0n) is 8.51. The molecule has 0 aromatic carbocycles. The third-order valence-corrected chi connectivity index (χ3v) is 2.94. The first-order valence-corrected chi connectivity index (χ1v) is 5.35. The number of nitrogen functional groups attached to an aromatic ring is 1. The molecule has 0 saturated heterocycles. The van der Waals surface area contributed by atoms with E-state index in [1.807, 2.05) is 0 Å². The smallest absolute Gasteiger partial charge is 0.176 e. The van der Waals surface area contributed by atoms with Crippen LogP contribution in [-0.4, -0.2) is 15.0 Å². The van der Waals surface area contributed by atoms with E-state index in [0.29, 0.717) is 16.4 Å². The maximum absolute atomic E-state index is 13.6. The predicted molar refractivity (Wildman–Crippen MR) is 59.5 cm³/mol. The van der Waals surface area contributed by atoms with Crippen LogP contribution in [-0.2, 0) is 0 Å². The fraction of sp³-hybridized carbons (Fsp3) is 0.100. The highest BCUT2D eigenvalue weighted by molar-refractivity contribution is 7.99. The van der Waals surface area contributed by atoms with Crippen LogP contribution in [0, 0.1) is 12.7 Å². The monoisotopic (exact) mass is 236 g/mol. The Morgan fingerprint density at radius 1 is 1.25 bits per heavy atom. The molecule has 2 N–H and O–H groups in total. The van der Waals surface area contributed by atoms with Gasteiger partial charge in [-0.05, 0) is 30.8 Å². The molecule has 0 aliphatic rings. The molecule has 0 spiro atoms. The van der Waals surface area contributed by atoms with Crippen molar-refractivity contribution in [2.24, 2.45) is 0 Å². The highest BCUT2D eigenvalue weighted by Gasteiger charge is 2.11. The Morgan fingerprint density at radius 2 is 2.06 bits per heavy atom. The Kier molecular flexibility index (Phi) is 3.00. The summed E-state index contributed by atoms with van der Waals surface area (Å²) in [6, 6.07) is 3.43. The molecule has 0 amide bonds. The van der Waals surface area contributed by atoms with Crippen LogP contribution in [0.4, 0.5) is 10.1 Å². The van der Waals surface area contributed by atoms with Gasteiger partial charge in [-0.1, -0.05) is 0 Å². The minimum atomic E-state index is -0.433. The van der Waals surface area contributed by atoms with E-state index in [9.17, 15) is 4.39 Å². The molecule has 2 heterocycles. The highest BCUT2D eigenvalue weighted by atomic mass is 32.2. The molecule has 0 fully saturated rings. The predicted octanol–water partition coefficient (Wildman–Crippen LogP) is 2.05. The first-order chi connectivity index (χ1) is 7.68. The van der Waals surface area contributed by atoms with Crippen molar-refractivity contribution in [1.82, 2.24) is 15.0 Å². The Labute approximate surface area is 96.1 Å². The summed E-state index contributed by atoms with van der Waals surface area (Å²) in [6.45, 7) is 1.59. The molecule has 2 rings (SSSR count). The standard InChI is InChI=1S/C10H9FN4S/c1-6-8(11)10(15-5-14-6)16-9-7(12)3-2-4-13-9/h2-5H,12H2,1H3. The molecule has 6 heteroatoms. The summed E-state index contributed by atoms with van der Waals surface area (Å²) in [4.78, 5) is 11.7. The number of nitrogens with two attached hydrogens (primary N) is 1. The largest absolute Gasteiger partial charge is 0.397 e. The Morgan fingerprint density at radius 3 is 2.81 bits per heavy atom. The van der Waals surface area contributed by atoms with Crippen molar-refractivity contribution in [2.75, 3.05) is 5.73 Å². The number of anilines is 1. The van der Waals surface area contributed by atoms with Gasteiger partial charge in [-0.3, -0.25) is 0 Å². The average molecular weight is 236 g/mol. The summed E-state index contributed by atoms with van der Waals surface area (Å²) < 4.78 is 13.6. The van der Waals surface area contributed by atoms with Gasteiger partial charge in [0.1, 0.15) is 16.4 Å². The van der Waals surface area contributed by atoms with Crippen LogP contribution >= 0.6 is 11.8 Å². The lowest BCUT2D eigenvalue weighted by Crippen LogP contribution is -1.96. The van der Waals surface area contributed by atoms with E-state index < -0.39 is 5.82 Å². The molecular formula is C10H9FN4S. The van der Waals surface area contributed by atoms with Crippen LogP contribution in [0.1, 0.15) is 5.69 Å². The maximum Gasteiger partial charge on any atom is 0.176 e. The lowest BCUT2D eigenvalue weighted by atomic mass is 10.4. The zero-order chi connectivity index (χ0) is 11.5. The normalized spacial score (nSPS) is 10.4.